The number of urea groups is 1. The van der Waals surface area contributed by atoms with Gasteiger partial charge >= 0.3 is 6.03 Å². The molecule has 26 heavy (non-hydrogen) atoms. The average Bonchev–Trinajstić information content (AvgIpc) is 2.60. The van der Waals surface area contributed by atoms with Crippen LogP contribution in [0.15, 0.2) is 48.5 Å². The summed E-state index contributed by atoms with van der Waals surface area (Å²) in [6.07, 6.45) is 2.20. The molecule has 3 rings (SSSR count). The molecule has 138 valence electrons. The molecule has 1 atom stereocenters. The van der Waals surface area contributed by atoms with Gasteiger partial charge in [0.25, 0.3) is 0 Å². The maximum Gasteiger partial charge on any atom is 0.319 e. The molecular formula is C20H25FN4O. The van der Waals surface area contributed by atoms with Gasteiger partial charge in [0.2, 0.25) is 0 Å². The number of hydrogen-bond acceptors (Lipinski definition) is 3. The maximum atomic E-state index is 13.2. The Hall–Kier alpha value is -2.60. The molecule has 4 N–H and O–H groups in total. The number of nitrogen functional groups attached to an aromatic ring is 1. The third-order valence-corrected chi connectivity index (χ3v) is 4.59. The minimum Gasteiger partial charge on any atom is -0.399 e. The minimum atomic E-state index is -0.368. The zero-order valence-electron chi connectivity index (χ0n) is 14.7. The summed E-state index contributed by atoms with van der Waals surface area (Å²) in [4.78, 5) is 14.4. The van der Waals surface area contributed by atoms with Crippen LogP contribution >= 0.6 is 0 Å². The van der Waals surface area contributed by atoms with E-state index in [2.05, 4.69) is 21.6 Å². The summed E-state index contributed by atoms with van der Waals surface area (Å²) in [6, 6.07) is 13.5. The third-order valence-electron chi connectivity index (χ3n) is 4.59. The van der Waals surface area contributed by atoms with Gasteiger partial charge in [-0.2, -0.15) is 0 Å². The van der Waals surface area contributed by atoms with Crippen molar-refractivity contribution >= 4 is 17.4 Å². The second kappa shape index (κ2) is 8.67. The number of anilines is 2. The van der Waals surface area contributed by atoms with Gasteiger partial charge in [0.15, 0.2) is 0 Å². The highest BCUT2D eigenvalue weighted by Gasteiger charge is 2.20. The van der Waals surface area contributed by atoms with Gasteiger partial charge in [-0.1, -0.05) is 18.2 Å². The fourth-order valence-corrected chi connectivity index (χ4v) is 3.39. The molecule has 0 aliphatic carbocycles. The van der Waals surface area contributed by atoms with Crippen LogP contribution in [-0.2, 0) is 6.54 Å². The second-order valence-electron chi connectivity index (χ2n) is 6.83. The predicted octanol–water partition coefficient (Wildman–Crippen LogP) is 3.44. The van der Waals surface area contributed by atoms with Crippen molar-refractivity contribution in [2.45, 2.75) is 19.4 Å². The third kappa shape index (κ3) is 5.46. The van der Waals surface area contributed by atoms with E-state index < -0.39 is 0 Å². The first-order valence-corrected chi connectivity index (χ1v) is 8.96. The predicted molar refractivity (Wildman–Crippen MR) is 102 cm³/mol. The molecule has 2 aromatic rings. The van der Waals surface area contributed by atoms with Crippen molar-refractivity contribution in [1.82, 2.24) is 10.2 Å². The number of nitrogens with one attached hydrogen (secondary N) is 2. The highest BCUT2D eigenvalue weighted by molar-refractivity contribution is 5.89. The fraction of sp³-hybridized carbons (Fsp3) is 0.350. The first kappa shape index (κ1) is 18.2. The molecule has 0 bridgehead atoms. The van der Waals surface area contributed by atoms with Crippen molar-refractivity contribution in [2.24, 2.45) is 5.92 Å². The van der Waals surface area contributed by atoms with Crippen molar-refractivity contribution < 1.29 is 9.18 Å². The lowest BCUT2D eigenvalue weighted by Crippen LogP contribution is -2.41. The van der Waals surface area contributed by atoms with E-state index in [1.54, 1.807) is 12.1 Å². The topological polar surface area (TPSA) is 70.4 Å². The van der Waals surface area contributed by atoms with Crippen LogP contribution in [0.4, 0.5) is 20.6 Å². The van der Waals surface area contributed by atoms with Crippen LogP contribution in [0, 0.1) is 11.7 Å². The number of piperidine rings is 1. The first-order chi connectivity index (χ1) is 12.6. The minimum absolute atomic E-state index is 0.302. The Morgan fingerprint density at radius 1 is 1.23 bits per heavy atom. The lowest BCUT2D eigenvalue weighted by molar-refractivity contribution is 0.166. The molecule has 2 aromatic carbocycles. The maximum absolute atomic E-state index is 13.2. The van der Waals surface area contributed by atoms with Gasteiger partial charge in [0.1, 0.15) is 5.82 Å². The zero-order chi connectivity index (χ0) is 18.4. The lowest BCUT2D eigenvalue weighted by Gasteiger charge is -2.32. The highest BCUT2D eigenvalue weighted by Crippen LogP contribution is 2.19. The van der Waals surface area contributed by atoms with Crippen LogP contribution in [0.3, 0.4) is 0 Å². The van der Waals surface area contributed by atoms with Crippen molar-refractivity contribution in [3.05, 3.63) is 59.9 Å². The molecule has 1 aliphatic heterocycles. The van der Waals surface area contributed by atoms with E-state index >= 15 is 0 Å². The van der Waals surface area contributed by atoms with E-state index in [1.807, 2.05) is 18.2 Å². The van der Waals surface area contributed by atoms with Crippen LogP contribution in [-0.4, -0.2) is 30.6 Å². The van der Waals surface area contributed by atoms with Gasteiger partial charge < -0.3 is 16.4 Å². The quantitative estimate of drug-likeness (QED) is 0.719. The summed E-state index contributed by atoms with van der Waals surface area (Å²) in [6.45, 7) is 3.47. The smallest absolute Gasteiger partial charge is 0.319 e. The van der Waals surface area contributed by atoms with Crippen LogP contribution in [0.5, 0.6) is 0 Å². The highest BCUT2D eigenvalue weighted by atomic mass is 19.1. The summed E-state index contributed by atoms with van der Waals surface area (Å²) in [5.74, 6) is 0.0374. The second-order valence-corrected chi connectivity index (χ2v) is 6.83. The van der Waals surface area contributed by atoms with E-state index in [0.29, 0.717) is 18.2 Å². The SMILES string of the molecule is Nc1cccc(CN2CCCC(CNC(=O)Nc3cccc(F)c3)C2)c1. The molecule has 0 aromatic heterocycles. The number of rotatable bonds is 5. The van der Waals surface area contributed by atoms with Crippen LogP contribution in [0.1, 0.15) is 18.4 Å². The Morgan fingerprint density at radius 2 is 2.08 bits per heavy atom. The standard InChI is InChI=1S/C20H25FN4O/c21-17-6-2-8-19(11-17)24-20(26)23-12-16-5-3-9-25(14-16)13-15-4-1-7-18(22)10-15/h1-2,4,6-8,10-11,16H,3,5,9,12-14,22H2,(H2,23,24,26). The number of nitrogens with two attached hydrogens (primary N) is 1. The van der Waals surface area contributed by atoms with Gasteiger partial charge in [0.05, 0.1) is 0 Å². The first-order valence-electron chi connectivity index (χ1n) is 8.96. The summed E-state index contributed by atoms with van der Waals surface area (Å²) in [7, 11) is 0. The number of halogens is 1. The fourth-order valence-electron chi connectivity index (χ4n) is 3.39. The molecule has 1 fully saturated rings. The van der Waals surface area contributed by atoms with Gasteiger partial charge in [-0.3, -0.25) is 4.90 Å². The van der Waals surface area contributed by atoms with E-state index in [-0.39, 0.29) is 11.8 Å². The number of carbonyl (C=O) groups excluding carboxylic acids is 1. The van der Waals surface area contributed by atoms with E-state index in [4.69, 9.17) is 5.73 Å². The van der Waals surface area contributed by atoms with Crippen LogP contribution in [0.25, 0.3) is 0 Å². The molecule has 1 aliphatic rings. The molecule has 1 unspecified atom stereocenters. The molecule has 1 saturated heterocycles. The Balaban J connectivity index is 1.45. The molecule has 1 heterocycles. The summed E-state index contributed by atoms with van der Waals surface area (Å²) >= 11 is 0. The van der Waals surface area contributed by atoms with Gasteiger partial charge in [-0.15, -0.1) is 0 Å². The zero-order valence-corrected chi connectivity index (χ0v) is 14.7. The van der Waals surface area contributed by atoms with Gasteiger partial charge in [-0.05, 0) is 61.2 Å². The molecule has 0 saturated carbocycles. The van der Waals surface area contributed by atoms with Crippen molar-refractivity contribution in [3.63, 3.8) is 0 Å². The lowest BCUT2D eigenvalue weighted by atomic mass is 9.97. The van der Waals surface area contributed by atoms with E-state index in [1.165, 1.54) is 17.7 Å². The summed E-state index contributed by atoms with van der Waals surface area (Å²) in [5.41, 5.74) is 8.30. The van der Waals surface area contributed by atoms with Crippen molar-refractivity contribution in [3.8, 4) is 0 Å². The van der Waals surface area contributed by atoms with Crippen molar-refractivity contribution in [2.75, 3.05) is 30.7 Å². The number of amides is 2. The van der Waals surface area contributed by atoms with Crippen LogP contribution < -0.4 is 16.4 Å². The van der Waals surface area contributed by atoms with Crippen molar-refractivity contribution in [1.29, 1.82) is 0 Å². The number of hydrogen-bond donors (Lipinski definition) is 3. The van der Waals surface area contributed by atoms with Crippen LogP contribution in [0.2, 0.25) is 0 Å². The number of nitrogens with zero attached hydrogens (tertiary/aromatic N) is 1. The molecule has 0 spiro atoms. The number of carbonyl (C=O) groups is 1. The van der Waals surface area contributed by atoms with E-state index in [0.717, 1.165) is 38.2 Å². The summed E-state index contributed by atoms with van der Waals surface area (Å²) < 4.78 is 13.2. The Morgan fingerprint density at radius 3 is 2.88 bits per heavy atom. The number of likely N-dealkylation sites (tertiary alicyclic amines) is 1. The molecular weight excluding hydrogens is 331 g/mol. The van der Waals surface area contributed by atoms with Gasteiger partial charge in [0, 0.05) is 31.0 Å². The Bertz CT molecular complexity index is 752. The Labute approximate surface area is 153 Å². The number of benzene rings is 2. The normalized spacial score (nSPS) is 17.7. The molecule has 2 amide bonds. The largest absolute Gasteiger partial charge is 0.399 e. The molecule has 5 nitrogen and oxygen atoms in total. The van der Waals surface area contributed by atoms with E-state index in [9.17, 15) is 9.18 Å². The molecule has 6 heteroatoms. The monoisotopic (exact) mass is 356 g/mol. The van der Waals surface area contributed by atoms with Gasteiger partial charge in [-0.25, -0.2) is 9.18 Å². The summed E-state index contributed by atoms with van der Waals surface area (Å²) in [5, 5.41) is 5.56. The molecule has 0 radical (unpaired) electrons. The Kier molecular flexibility index (Phi) is 6.07. The average molecular weight is 356 g/mol.